The molecule has 0 spiro atoms. The molecule has 0 aliphatic carbocycles. The summed E-state index contributed by atoms with van der Waals surface area (Å²) < 4.78 is 0. The second-order valence-corrected chi connectivity index (χ2v) is 7.90. The van der Waals surface area contributed by atoms with Crippen LogP contribution >= 0.6 is 34.8 Å². The molecule has 3 aromatic carbocycles. The number of allylic oxidation sites excluding steroid dienone is 1. The zero-order chi connectivity index (χ0) is 21.3. The molecule has 4 rings (SSSR count). The molecule has 0 fully saturated rings. The summed E-state index contributed by atoms with van der Waals surface area (Å²) in [5.74, 6) is -0.451. The van der Waals surface area contributed by atoms with Gasteiger partial charge in [0.25, 0.3) is 5.56 Å². The van der Waals surface area contributed by atoms with Crippen LogP contribution in [0.1, 0.15) is 15.9 Å². The summed E-state index contributed by atoms with van der Waals surface area (Å²) in [6.45, 7) is 0. The fourth-order valence-corrected chi connectivity index (χ4v) is 3.83. The molecule has 30 heavy (non-hydrogen) atoms. The Kier molecular flexibility index (Phi) is 5.78. The van der Waals surface area contributed by atoms with E-state index in [0.29, 0.717) is 37.1 Å². The number of carbonyl (C=O) groups excluding carboxylic acids is 1. The summed E-state index contributed by atoms with van der Waals surface area (Å²) in [4.78, 5) is 28.8. The second kappa shape index (κ2) is 8.49. The van der Waals surface area contributed by atoms with E-state index in [9.17, 15) is 9.59 Å². The van der Waals surface area contributed by atoms with Gasteiger partial charge in [0.1, 0.15) is 0 Å². The standard InChI is InChI=1S/C24H14Cl3NO2/c25-16-7-9-19(27)15(12-16)6-11-21(29)23-22(14-4-2-1-3-5-14)18-13-17(26)8-10-20(18)28-24(23)30/h1-13H,(H,28,30)/b11-6+. The Balaban J connectivity index is 1.93. The number of halogens is 3. The van der Waals surface area contributed by atoms with E-state index in [0.717, 1.165) is 5.56 Å². The number of aromatic amines is 1. The van der Waals surface area contributed by atoms with Gasteiger partial charge in [-0.15, -0.1) is 0 Å². The van der Waals surface area contributed by atoms with Crippen molar-refractivity contribution in [3.8, 4) is 11.1 Å². The Hall–Kier alpha value is -2.85. The minimum atomic E-state index is -0.476. The number of H-pyrrole nitrogens is 1. The Labute approximate surface area is 187 Å². The van der Waals surface area contributed by atoms with Crippen LogP contribution in [0.2, 0.25) is 15.1 Å². The molecule has 1 heterocycles. The molecule has 148 valence electrons. The summed E-state index contributed by atoms with van der Waals surface area (Å²) in [7, 11) is 0. The number of pyridine rings is 1. The van der Waals surface area contributed by atoms with Crippen molar-refractivity contribution in [2.24, 2.45) is 0 Å². The number of carbonyl (C=O) groups is 1. The van der Waals surface area contributed by atoms with Gasteiger partial charge in [-0.1, -0.05) is 65.1 Å². The van der Waals surface area contributed by atoms with Gasteiger partial charge in [-0.05, 0) is 59.7 Å². The van der Waals surface area contributed by atoms with Crippen LogP contribution in [0.5, 0.6) is 0 Å². The number of fused-ring (bicyclic) bond motifs is 1. The van der Waals surface area contributed by atoms with Crippen molar-refractivity contribution >= 4 is 57.6 Å². The molecule has 0 saturated carbocycles. The molecule has 0 bridgehead atoms. The highest BCUT2D eigenvalue weighted by Gasteiger charge is 2.19. The number of rotatable bonds is 4. The fraction of sp³-hybridized carbons (Fsp3) is 0. The SMILES string of the molecule is O=C(/C=C/c1cc(Cl)ccc1Cl)c1c(-c2ccccc2)c2cc(Cl)ccc2[nH]c1=O. The van der Waals surface area contributed by atoms with Crippen molar-refractivity contribution in [1.29, 1.82) is 0 Å². The van der Waals surface area contributed by atoms with E-state index in [1.54, 1.807) is 42.5 Å². The van der Waals surface area contributed by atoms with E-state index in [1.807, 2.05) is 30.3 Å². The fourth-order valence-electron chi connectivity index (χ4n) is 3.30. The van der Waals surface area contributed by atoms with Gasteiger partial charge in [0.15, 0.2) is 5.78 Å². The van der Waals surface area contributed by atoms with Gasteiger partial charge in [0.2, 0.25) is 0 Å². The number of hydrogen-bond acceptors (Lipinski definition) is 2. The highest BCUT2D eigenvalue weighted by Crippen LogP contribution is 2.32. The van der Waals surface area contributed by atoms with Crippen molar-refractivity contribution in [3.63, 3.8) is 0 Å². The molecule has 3 nitrogen and oxygen atoms in total. The summed E-state index contributed by atoms with van der Waals surface area (Å²) in [6, 6.07) is 19.4. The molecule has 0 atom stereocenters. The highest BCUT2D eigenvalue weighted by atomic mass is 35.5. The van der Waals surface area contributed by atoms with Crippen molar-refractivity contribution < 1.29 is 4.79 Å². The summed E-state index contributed by atoms with van der Waals surface area (Å²) in [5, 5.41) is 2.14. The molecule has 4 aromatic rings. The van der Waals surface area contributed by atoms with Gasteiger partial charge in [-0.25, -0.2) is 0 Å². The summed E-state index contributed by atoms with van der Waals surface area (Å²) >= 11 is 18.4. The largest absolute Gasteiger partial charge is 0.321 e. The van der Waals surface area contributed by atoms with Gasteiger partial charge in [-0.3, -0.25) is 9.59 Å². The average Bonchev–Trinajstić information content (AvgIpc) is 2.74. The number of hydrogen-bond donors (Lipinski definition) is 1. The lowest BCUT2D eigenvalue weighted by atomic mass is 9.94. The van der Waals surface area contributed by atoms with Crippen LogP contribution in [0.4, 0.5) is 0 Å². The molecule has 6 heteroatoms. The molecule has 0 amide bonds. The van der Waals surface area contributed by atoms with E-state index >= 15 is 0 Å². The van der Waals surface area contributed by atoms with Gasteiger partial charge >= 0.3 is 0 Å². The lowest BCUT2D eigenvalue weighted by Crippen LogP contribution is -2.18. The van der Waals surface area contributed by atoms with Gasteiger partial charge in [0, 0.05) is 31.5 Å². The second-order valence-electron chi connectivity index (χ2n) is 6.62. The lowest BCUT2D eigenvalue weighted by molar-refractivity contribution is 0.104. The molecule has 0 aliphatic rings. The zero-order valence-corrected chi connectivity index (χ0v) is 17.7. The Bertz CT molecular complexity index is 1360. The molecule has 0 saturated heterocycles. The van der Waals surface area contributed by atoms with Crippen LogP contribution in [-0.2, 0) is 0 Å². The van der Waals surface area contributed by atoms with Crippen molar-refractivity contribution in [2.75, 3.05) is 0 Å². The number of benzene rings is 3. The monoisotopic (exact) mass is 453 g/mol. The molecule has 0 radical (unpaired) electrons. The third-order valence-electron chi connectivity index (χ3n) is 4.66. The first-order valence-electron chi connectivity index (χ1n) is 9.02. The molecular weight excluding hydrogens is 441 g/mol. The van der Waals surface area contributed by atoms with Crippen LogP contribution in [0, 0.1) is 0 Å². The maximum Gasteiger partial charge on any atom is 0.260 e. The van der Waals surface area contributed by atoms with Crippen molar-refractivity contribution in [3.05, 3.63) is 109 Å². The van der Waals surface area contributed by atoms with Crippen LogP contribution < -0.4 is 5.56 Å². The molecule has 1 aromatic heterocycles. The topological polar surface area (TPSA) is 49.9 Å². The molecule has 0 unspecified atom stereocenters. The van der Waals surface area contributed by atoms with E-state index in [2.05, 4.69) is 4.98 Å². The third kappa shape index (κ3) is 4.05. The number of nitrogens with one attached hydrogen (secondary N) is 1. The molecule has 1 N–H and O–H groups in total. The molecular formula is C24H14Cl3NO2. The quantitative estimate of drug-likeness (QED) is 0.265. The first kappa shape index (κ1) is 20.4. The van der Waals surface area contributed by atoms with Crippen LogP contribution in [0.3, 0.4) is 0 Å². The lowest BCUT2D eigenvalue weighted by Gasteiger charge is -2.11. The first-order valence-corrected chi connectivity index (χ1v) is 10.2. The highest BCUT2D eigenvalue weighted by molar-refractivity contribution is 6.34. The first-order chi connectivity index (χ1) is 14.4. The van der Waals surface area contributed by atoms with E-state index < -0.39 is 11.3 Å². The van der Waals surface area contributed by atoms with E-state index in [4.69, 9.17) is 34.8 Å². The third-order valence-corrected chi connectivity index (χ3v) is 5.47. The smallest absolute Gasteiger partial charge is 0.260 e. The van der Waals surface area contributed by atoms with Crippen LogP contribution in [0.15, 0.2) is 77.6 Å². The van der Waals surface area contributed by atoms with Gasteiger partial charge in [-0.2, -0.15) is 0 Å². The predicted molar refractivity (Wildman–Crippen MR) is 125 cm³/mol. The maximum atomic E-state index is 13.1. The molecule has 0 aliphatic heterocycles. The Morgan fingerprint density at radius 3 is 2.33 bits per heavy atom. The predicted octanol–water partition coefficient (Wildman–Crippen LogP) is 7.05. The van der Waals surface area contributed by atoms with E-state index in [-0.39, 0.29) is 5.56 Å². The average molecular weight is 455 g/mol. The summed E-state index contributed by atoms with van der Waals surface area (Å²) in [5.41, 5.74) is 2.01. The maximum absolute atomic E-state index is 13.1. The Morgan fingerprint density at radius 2 is 1.57 bits per heavy atom. The zero-order valence-electron chi connectivity index (χ0n) is 15.5. The summed E-state index contributed by atoms with van der Waals surface area (Å²) in [6.07, 6.45) is 2.87. The Morgan fingerprint density at radius 1 is 0.867 bits per heavy atom. The normalized spacial score (nSPS) is 11.3. The number of ketones is 1. The van der Waals surface area contributed by atoms with Crippen molar-refractivity contribution in [1.82, 2.24) is 4.98 Å². The minimum absolute atomic E-state index is 0.0327. The van der Waals surface area contributed by atoms with Crippen LogP contribution in [-0.4, -0.2) is 10.8 Å². The minimum Gasteiger partial charge on any atom is -0.321 e. The van der Waals surface area contributed by atoms with Gasteiger partial charge in [0.05, 0.1) is 5.56 Å². The van der Waals surface area contributed by atoms with Crippen LogP contribution in [0.25, 0.3) is 28.1 Å². The number of aromatic nitrogens is 1. The van der Waals surface area contributed by atoms with Crippen molar-refractivity contribution in [2.45, 2.75) is 0 Å². The van der Waals surface area contributed by atoms with E-state index in [1.165, 1.54) is 6.08 Å². The van der Waals surface area contributed by atoms with Gasteiger partial charge < -0.3 is 4.98 Å².